The van der Waals surface area contributed by atoms with Gasteiger partial charge < -0.3 is 4.48 Å². The molecule has 0 saturated carbocycles. The second-order valence-electron chi connectivity index (χ2n) is 8.27. The van der Waals surface area contributed by atoms with Gasteiger partial charge in [0.1, 0.15) is 0 Å². The summed E-state index contributed by atoms with van der Waals surface area (Å²) in [6.45, 7) is 8.32. The SMILES string of the molecule is CCCCCCCCCCCC(CCCC)[N+](C)(C)CCCC. The second kappa shape index (κ2) is 15.5. The zero-order valence-corrected chi connectivity index (χ0v) is 17.3. The third-order valence-electron chi connectivity index (χ3n) is 5.61. The highest BCUT2D eigenvalue weighted by Gasteiger charge is 2.26. The first kappa shape index (κ1) is 23.0. The summed E-state index contributed by atoms with van der Waals surface area (Å²) in [5.74, 6) is 0. The third kappa shape index (κ3) is 13.0. The Hall–Kier alpha value is -0.0400. The monoisotopic (exact) mass is 326 g/mol. The van der Waals surface area contributed by atoms with Gasteiger partial charge in [-0.15, -0.1) is 0 Å². The molecule has 0 rings (SSSR count). The van der Waals surface area contributed by atoms with E-state index in [-0.39, 0.29) is 0 Å². The molecule has 0 aliphatic heterocycles. The summed E-state index contributed by atoms with van der Waals surface area (Å²) in [5.41, 5.74) is 0. The largest absolute Gasteiger partial charge is 0.326 e. The molecule has 0 amide bonds. The number of quaternary nitrogens is 1. The third-order valence-corrected chi connectivity index (χ3v) is 5.61. The van der Waals surface area contributed by atoms with Crippen molar-refractivity contribution >= 4 is 0 Å². The van der Waals surface area contributed by atoms with Crippen LogP contribution in [0.25, 0.3) is 0 Å². The Morgan fingerprint density at radius 2 is 0.957 bits per heavy atom. The summed E-state index contributed by atoms with van der Waals surface area (Å²) in [4.78, 5) is 0. The van der Waals surface area contributed by atoms with E-state index in [1.807, 2.05) is 0 Å². The number of nitrogens with zero attached hydrogens (tertiary/aromatic N) is 1. The molecule has 0 aromatic heterocycles. The number of hydrogen-bond acceptors (Lipinski definition) is 0. The molecule has 23 heavy (non-hydrogen) atoms. The molecule has 0 heterocycles. The standard InChI is InChI=1S/C22H48N/c1-6-9-12-13-14-15-16-17-18-20-22(19-10-7-2)23(4,5)21-11-8-3/h22H,6-21H2,1-5H3/q+1. The van der Waals surface area contributed by atoms with E-state index in [4.69, 9.17) is 0 Å². The minimum atomic E-state index is 0.894. The molecule has 0 aliphatic rings. The highest BCUT2D eigenvalue weighted by Crippen LogP contribution is 2.22. The number of hydrogen-bond donors (Lipinski definition) is 0. The van der Waals surface area contributed by atoms with Crippen molar-refractivity contribution in [1.82, 2.24) is 0 Å². The average molecular weight is 327 g/mol. The van der Waals surface area contributed by atoms with E-state index in [1.54, 1.807) is 0 Å². The van der Waals surface area contributed by atoms with Gasteiger partial charge in [0, 0.05) is 0 Å². The Labute approximate surface area is 148 Å². The maximum absolute atomic E-state index is 2.48. The molecule has 1 nitrogen and oxygen atoms in total. The lowest BCUT2D eigenvalue weighted by atomic mass is 9.98. The maximum Gasteiger partial charge on any atom is 0.0886 e. The van der Waals surface area contributed by atoms with Crippen molar-refractivity contribution in [3.8, 4) is 0 Å². The molecule has 1 heteroatoms. The first-order valence-corrected chi connectivity index (χ1v) is 10.9. The van der Waals surface area contributed by atoms with Crippen LogP contribution in [0.3, 0.4) is 0 Å². The number of rotatable bonds is 17. The summed E-state index contributed by atoms with van der Waals surface area (Å²) >= 11 is 0. The quantitative estimate of drug-likeness (QED) is 0.194. The smallest absolute Gasteiger partial charge is 0.0886 e. The van der Waals surface area contributed by atoms with E-state index < -0.39 is 0 Å². The summed E-state index contributed by atoms with van der Waals surface area (Å²) in [6, 6.07) is 0.894. The van der Waals surface area contributed by atoms with E-state index in [9.17, 15) is 0 Å². The van der Waals surface area contributed by atoms with Crippen LogP contribution in [0.2, 0.25) is 0 Å². The first-order chi connectivity index (χ1) is 11.1. The van der Waals surface area contributed by atoms with Crippen LogP contribution in [0.5, 0.6) is 0 Å². The van der Waals surface area contributed by atoms with Gasteiger partial charge in [0.2, 0.25) is 0 Å². The summed E-state index contributed by atoms with van der Waals surface area (Å²) in [7, 11) is 4.95. The maximum atomic E-state index is 2.48. The lowest BCUT2D eigenvalue weighted by Crippen LogP contribution is -2.49. The summed E-state index contributed by atoms with van der Waals surface area (Å²) in [6.07, 6.45) is 21.4. The van der Waals surface area contributed by atoms with Gasteiger partial charge in [-0.25, -0.2) is 0 Å². The van der Waals surface area contributed by atoms with Crippen molar-refractivity contribution in [2.75, 3.05) is 20.6 Å². The van der Waals surface area contributed by atoms with Crippen molar-refractivity contribution in [3.05, 3.63) is 0 Å². The van der Waals surface area contributed by atoms with Crippen molar-refractivity contribution in [1.29, 1.82) is 0 Å². The molecule has 0 aliphatic carbocycles. The summed E-state index contributed by atoms with van der Waals surface area (Å²) < 4.78 is 1.25. The van der Waals surface area contributed by atoms with Crippen LogP contribution >= 0.6 is 0 Å². The van der Waals surface area contributed by atoms with Crippen molar-refractivity contribution in [2.45, 2.75) is 123 Å². The van der Waals surface area contributed by atoms with Crippen LogP contribution < -0.4 is 0 Å². The van der Waals surface area contributed by atoms with Crippen LogP contribution in [-0.4, -0.2) is 31.2 Å². The zero-order valence-electron chi connectivity index (χ0n) is 17.3. The van der Waals surface area contributed by atoms with Crippen LogP contribution in [0.15, 0.2) is 0 Å². The van der Waals surface area contributed by atoms with Gasteiger partial charge in [0.15, 0.2) is 0 Å². The van der Waals surface area contributed by atoms with Crippen LogP contribution in [-0.2, 0) is 0 Å². The van der Waals surface area contributed by atoms with E-state index >= 15 is 0 Å². The van der Waals surface area contributed by atoms with Gasteiger partial charge in [0.05, 0.1) is 26.7 Å². The fourth-order valence-electron chi connectivity index (χ4n) is 3.72. The minimum absolute atomic E-state index is 0.894. The lowest BCUT2D eigenvalue weighted by molar-refractivity contribution is -0.916. The van der Waals surface area contributed by atoms with E-state index in [0.717, 1.165) is 6.04 Å². The molecule has 0 bridgehead atoms. The van der Waals surface area contributed by atoms with Gasteiger partial charge in [-0.3, -0.25) is 0 Å². The normalized spacial score (nSPS) is 13.4. The van der Waals surface area contributed by atoms with Crippen molar-refractivity contribution in [3.63, 3.8) is 0 Å². The molecular weight excluding hydrogens is 278 g/mol. The molecule has 0 aromatic carbocycles. The second-order valence-corrected chi connectivity index (χ2v) is 8.27. The lowest BCUT2D eigenvalue weighted by Gasteiger charge is -2.38. The fourth-order valence-corrected chi connectivity index (χ4v) is 3.72. The molecule has 1 atom stereocenters. The van der Waals surface area contributed by atoms with Crippen LogP contribution in [0.1, 0.15) is 117 Å². The van der Waals surface area contributed by atoms with E-state index in [1.165, 1.54) is 107 Å². The predicted octanol–water partition coefficient (Wildman–Crippen LogP) is 7.34. The molecular formula is C22H48N+. The van der Waals surface area contributed by atoms with Gasteiger partial charge in [-0.1, -0.05) is 85.0 Å². The Bertz CT molecular complexity index is 234. The van der Waals surface area contributed by atoms with Crippen LogP contribution in [0, 0.1) is 0 Å². The predicted molar refractivity (Wildman–Crippen MR) is 107 cm³/mol. The van der Waals surface area contributed by atoms with Crippen molar-refractivity contribution < 1.29 is 4.48 Å². The number of unbranched alkanes of at least 4 members (excludes halogenated alkanes) is 10. The molecule has 0 saturated heterocycles. The molecule has 0 aromatic rings. The molecule has 0 fully saturated rings. The van der Waals surface area contributed by atoms with E-state index in [2.05, 4.69) is 34.9 Å². The highest BCUT2D eigenvalue weighted by atomic mass is 15.3. The van der Waals surface area contributed by atoms with Gasteiger partial charge in [0.25, 0.3) is 0 Å². The zero-order chi connectivity index (χ0) is 17.4. The topological polar surface area (TPSA) is 0 Å². The highest BCUT2D eigenvalue weighted by molar-refractivity contribution is 4.61. The minimum Gasteiger partial charge on any atom is -0.326 e. The fraction of sp³-hybridized carbons (Fsp3) is 1.00. The first-order valence-electron chi connectivity index (χ1n) is 10.9. The van der Waals surface area contributed by atoms with Gasteiger partial charge >= 0.3 is 0 Å². The van der Waals surface area contributed by atoms with Crippen LogP contribution in [0.4, 0.5) is 0 Å². The Morgan fingerprint density at radius 1 is 0.522 bits per heavy atom. The molecule has 1 unspecified atom stereocenters. The molecule has 0 radical (unpaired) electrons. The Balaban J connectivity index is 3.87. The molecule has 0 N–H and O–H groups in total. The summed E-state index contributed by atoms with van der Waals surface area (Å²) in [5, 5.41) is 0. The van der Waals surface area contributed by atoms with Gasteiger partial charge in [-0.05, 0) is 32.1 Å². The Kier molecular flexibility index (Phi) is 15.5. The van der Waals surface area contributed by atoms with Gasteiger partial charge in [-0.2, -0.15) is 0 Å². The molecule has 140 valence electrons. The molecule has 0 spiro atoms. The van der Waals surface area contributed by atoms with Crippen molar-refractivity contribution in [2.24, 2.45) is 0 Å². The van der Waals surface area contributed by atoms with E-state index in [0.29, 0.717) is 0 Å². The average Bonchev–Trinajstić information content (AvgIpc) is 2.54. The Morgan fingerprint density at radius 3 is 1.48 bits per heavy atom.